The van der Waals surface area contributed by atoms with Gasteiger partial charge in [-0.1, -0.05) is 0 Å². The van der Waals surface area contributed by atoms with E-state index >= 15 is 0 Å². The largest absolute Gasteiger partial charge is 0.449 e. The summed E-state index contributed by atoms with van der Waals surface area (Å²) in [4.78, 5) is 6.87. The standard InChI is InChI=1S/C13H18N4O/c1-10-15-11(4-5-14)12-9-16(6-7-17(10)12)13-3-2-8-18-13/h2-3,8H,4-7,9,14H2,1H3. The van der Waals surface area contributed by atoms with Crippen LogP contribution in [0.15, 0.2) is 22.8 Å². The van der Waals surface area contributed by atoms with E-state index in [0.29, 0.717) is 6.54 Å². The molecule has 96 valence electrons. The molecule has 5 nitrogen and oxygen atoms in total. The van der Waals surface area contributed by atoms with Crippen molar-refractivity contribution in [3.63, 3.8) is 0 Å². The van der Waals surface area contributed by atoms with E-state index in [9.17, 15) is 0 Å². The van der Waals surface area contributed by atoms with Crippen LogP contribution in [0.2, 0.25) is 0 Å². The van der Waals surface area contributed by atoms with Gasteiger partial charge in [0.2, 0.25) is 0 Å². The SMILES string of the molecule is Cc1nc(CCN)c2n1CCN(c1ccco1)C2. The van der Waals surface area contributed by atoms with Crippen LogP contribution in [0, 0.1) is 6.92 Å². The van der Waals surface area contributed by atoms with Crippen molar-refractivity contribution in [3.05, 3.63) is 35.6 Å². The summed E-state index contributed by atoms with van der Waals surface area (Å²) in [5, 5.41) is 0. The molecule has 0 saturated carbocycles. The third kappa shape index (κ3) is 1.80. The maximum Gasteiger partial charge on any atom is 0.195 e. The average Bonchev–Trinajstić information content (AvgIpc) is 2.99. The number of anilines is 1. The molecule has 0 spiro atoms. The molecule has 2 aromatic heterocycles. The lowest BCUT2D eigenvalue weighted by Gasteiger charge is -2.29. The van der Waals surface area contributed by atoms with Crippen molar-refractivity contribution in [1.29, 1.82) is 0 Å². The van der Waals surface area contributed by atoms with Gasteiger partial charge in [-0.2, -0.15) is 0 Å². The predicted octanol–water partition coefficient (Wildman–Crippen LogP) is 1.31. The molecule has 0 radical (unpaired) electrons. The predicted molar refractivity (Wildman–Crippen MR) is 69.5 cm³/mol. The van der Waals surface area contributed by atoms with Crippen LogP contribution >= 0.6 is 0 Å². The fourth-order valence-electron chi connectivity index (χ4n) is 2.60. The molecular formula is C13H18N4O. The molecule has 2 N–H and O–H groups in total. The van der Waals surface area contributed by atoms with Gasteiger partial charge in [0, 0.05) is 25.6 Å². The molecule has 3 rings (SSSR count). The van der Waals surface area contributed by atoms with E-state index in [4.69, 9.17) is 10.2 Å². The summed E-state index contributed by atoms with van der Waals surface area (Å²) in [6.45, 7) is 5.47. The second kappa shape index (κ2) is 4.49. The van der Waals surface area contributed by atoms with Gasteiger partial charge in [0.05, 0.1) is 24.2 Å². The molecule has 0 saturated heterocycles. The second-order valence-corrected chi connectivity index (χ2v) is 4.62. The molecule has 0 unspecified atom stereocenters. The van der Waals surface area contributed by atoms with Crippen molar-refractivity contribution in [2.75, 3.05) is 18.0 Å². The summed E-state index contributed by atoms with van der Waals surface area (Å²) in [5.74, 6) is 2.02. The van der Waals surface area contributed by atoms with Gasteiger partial charge in [-0.25, -0.2) is 4.98 Å². The van der Waals surface area contributed by atoms with Crippen molar-refractivity contribution in [2.24, 2.45) is 5.73 Å². The van der Waals surface area contributed by atoms with Crippen LogP contribution in [0.3, 0.4) is 0 Å². The fourth-order valence-corrected chi connectivity index (χ4v) is 2.60. The normalized spacial score (nSPS) is 14.9. The van der Waals surface area contributed by atoms with Crippen molar-refractivity contribution < 1.29 is 4.42 Å². The number of hydrogen-bond donors (Lipinski definition) is 1. The Kier molecular flexibility index (Phi) is 2.83. The van der Waals surface area contributed by atoms with Crippen LogP contribution in [0.25, 0.3) is 0 Å². The molecule has 0 fully saturated rings. The summed E-state index contributed by atoms with van der Waals surface area (Å²) in [6.07, 6.45) is 2.56. The van der Waals surface area contributed by atoms with Crippen molar-refractivity contribution in [3.8, 4) is 0 Å². The molecule has 1 aliphatic heterocycles. The lowest BCUT2D eigenvalue weighted by Crippen LogP contribution is -2.34. The number of nitrogens with two attached hydrogens (primary N) is 1. The van der Waals surface area contributed by atoms with Gasteiger partial charge in [-0.3, -0.25) is 0 Å². The summed E-state index contributed by atoms with van der Waals surface area (Å²) in [6, 6.07) is 3.93. The molecule has 0 bridgehead atoms. The first-order valence-electron chi connectivity index (χ1n) is 6.33. The Morgan fingerprint density at radius 1 is 1.44 bits per heavy atom. The zero-order valence-corrected chi connectivity index (χ0v) is 10.6. The van der Waals surface area contributed by atoms with E-state index in [-0.39, 0.29) is 0 Å². The maximum absolute atomic E-state index is 5.65. The van der Waals surface area contributed by atoms with Crippen molar-refractivity contribution in [2.45, 2.75) is 26.4 Å². The van der Waals surface area contributed by atoms with Crippen LogP contribution in [0.5, 0.6) is 0 Å². The lowest BCUT2D eigenvalue weighted by atomic mass is 10.2. The third-order valence-electron chi connectivity index (χ3n) is 3.48. The number of aromatic nitrogens is 2. The molecule has 0 aromatic carbocycles. The second-order valence-electron chi connectivity index (χ2n) is 4.62. The highest BCUT2D eigenvalue weighted by atomic mass is 16.3. The van der Waals surface area contributed by atoms with E-state index in [2.05, 4.69) is 21.4 Å². The zero-order chi connectivity index (χ0) is 12.5. The fraction of sp³-hybridized carbons (Fsp3) is 0.462. The molecular weight excluding hydrogens is 228 g/mol. The van der Waals surface area contributed by atoms with Crippen LogP contribution in [0.4, 0.5) is 5.88 Å². The molecule has 3 heterocycles. The van der Waals surface area contributed by atoms with E-state index < -0.39 is 0 Å². The van der Waals surface area contributed by atoms with E-state index in [0.717, 1.165) is 43.5 Å². The summed E-state index contributed by atoms with van der Waals surface area (Å²) in [5.41, 5.74) is 8.06. The number of hydrogen-bond acceptors (Lipinski definition) is 4. The topological polar surface area (TPSA) is 60.2 Å². The minimum absolute atomic E-state index is 0.643. The minimum atomic E-state index is 0.643. The molecule has 5 heteroatoms. The summed E-state index contributed by atoms with van der Waals surface area (Å²) >= 11 is 0. The van der Waals surface area contributed by atoms with Crippen LogP contribution < -0.4 is 10.6 Å². The highest BCUT2D eigenvalue weighted by Gasteiger charge is 2.23. The van der Waals surface area contributed by atoms with Gasteiger partial charge >= 0.3 is 0 Å². The number of fused-ring (bicyclic) bond motifs is 1. The highest BCUT2D eigenvalue weighted by Crippen LogP contribution is 2.24. The molecule has 2 aromatic rings. The number of aryl methyl sites for hydroxylation is 1. The molecule has 0 aliphatic carbocycles. The smallest absolute Gasteiger partial charge is 0.195 e. The minimum Gasteiger partial charge on any atom is -0.449 e. The quantitative estimate of drug-likeness (QED) is 0.887. The Bertz CT molecular complexity index is 529. The molecule has 0 amide bonds. The third-order valence-corrected chi connectivity index (χ3v) is 3.48. The zero-order valence-electron chi connectivity index (χ0n) is 10.6. The first-order chi connectivity index (χ1) is 8.79. The summed E-state index contributed by atoms with van der Waals surface area (Å²) in [7, 11) is 0. The number of imidazole rings is 1. The first kappa shape index (κ1) is 11.3. The Balaban J connectivity index is 1.91. The van der Waals surface area contributed by atoms with E-state index in [1.807, 2.05) is 12.1 Å². The van der Waals surface area contributed by atoms with Crippen LogP contribution in [-0.4, -0.2) is 22.6 Å². The first-order valence-corrected chi connectivity index (χ1v) is 6.33. The van der Waals surface area contributed by atoms with Crippen molar-refractivity contribution >= 4 is 5.88 Å². The monoisotopic (exact) mass is 246 g/mol. The maximum atomic E-state index is 5.65. The van der Waals surface area contributed by atoms with E-state index in [1.54, 1.807) is 6.26 Å². The van der Waals surface area contributed by atoms with Gasteiger partial charge < -0.3 is 19.6 Å². The Morgan fingerprint density at radius 2 is 2.33 bits per heavy atom. The highest BCUT2D eigenvalue weighted by molar-refractivity contribution is 5.38. The Morgan fingerprint density at radius 3 is 3.06 bits per heavy atom. The van der Waals surface area contributed by atoms with Crippen LogP contribution in [-0.2, 0) is 19.5 Å². The summed E-state index contributed by atoms with van der Waals surface area (Å²) < 4.78 is 7.76. The van der Waals surface area contributed by atoms with Gasteiger partial charge in [-0.15, -0.1) is 0 Å². The number of nitrogens with zero attached hydrogens (tertiary/aromatic N) is 3. The van der Waals surface area contributed by atoms with Crippen molar-refractivity contribution in [1.82, 2.24) is 9.55 Å². The van der Waals surface area contributed by atoms with E-state index in [1.165, 1.54) is 5.69 Å². The Hall–Kier alpha value is -1.75. The lowest BCUT2D eigenvalue weighted by molar-refractivity contribution is 0.493. The van der Waals surface area contributed by atoms with Gasteiger partial charge in [0.15, 0.2) is 5.88 Å². The molecule has 1 aliphatic rings. The molecule has 0 atom stereocenters. The van der Waals surface area contributed by atoms with Crippen LogP contribution in [0.1, 0.15) is 17.2 Å². The number of rotatable bonds is 3. The molecule has 18 heavy (non-hydrogen) atoms. The van der Waals surface area contributed by atoms with Gasteiger partial charge in [0.1, 0.15) is 5.82 Å². The average molecular weight is 246 g/mol. The number of furan rings is 1. The van der Waals surface area contributed by atoms with Gasteiger partial charge in [0.25, 0.3) is 0 Å². The van der Waals surface area contributed by atoms with Gasteiger partial charge in [-0.05, 0) is 19.5 Å². The Labute approximate surface area is 106 Å².